The van der Waals surface area contributed by atoms with Crippen LogP contribution < -0.4 is 14.5 Å². The normalized spacial score (nSPS) is 13.1. The standard InChI is InChI=1S/C50H39N3OS2/c1-50(2,3)35-24-25-51-42(28-35)47-41-30-46(56-44(41)31-45-48(47)40-20-10-11-23-43(40)55-45)54-37-19-12-18-36(29-37)52-26-27-53(32-52)49-38(33-14-6-4-7-15-33)21-13-22-39(49)34-16-8-5-9-17-34/h4-31H,32H2,1-3H3. The van der Waals surface area contributed by atoms with Gasteiger partial charge in [-0.25, -0.2) is 0 Å². The molecule has 0 atom stereocenters. The number of anilines is 2. The van der Waals surface area contributed by atoms with Crippen LogP contribution in [0, 0.1) is 0 Å². The highest BCUT2D eigenvalue weighted by Crippen LogP contribution is 2.48. The number of hydrogen-bond donors (Lipinski definition) is 0. The summed E-state index contributed by atoms with van der Waals surface area (Å²) in [6.45, 7) is 7.45. The molecule has 272 valence electrons. The van der Waals surface area contributed by atoms with Crippen LogP contribution in [0.1, 0.15) is 26.3 Å². The fraction of sp³-hybridized carbons (Fsp3) is 0.100. The smallest absolute Gasteiger partial charge is 0.182 e. The van der Waals surface area contributed by atoms with Crippen LogP contribution in [0.25, 0.3) is 63.8 Å². The molecule has 0 saturated carbocycles. The highest BCUT2D eigenvalue weighted by molar-refractivity contribution is 7.26. The molecule has 0 fully saturated rings. The first-order valence-electron chi connectivity index (χ1n) is 19.0. The predicted octanol–water partition coefficient (Wildman–Crippen LogP) is 14.5. The van der Waals surface area contributed by atoms with E-state index in [9.17, 15) is 0 Å². The zero-order valence-electron chi connectivity index (χ0n) is 31.4. The van der Waals surface area contributed by atoms with Crippen LogP contribution in [-0.4, -0.2) is 11.7 Å². The molecular formula is C50H39N3OS2. The van der Waals surface area contributed by atoms with Crippen molar-refractivity contribution in [2.45, 2.75) is 26.2 Å². The molecule has 0 saturated heterocycles. The van der Waals surface area contributed by atoms with Crippen LogP contribution in [0.2, 0.25) is 0 Å². The monoisotopic (exact) mass is 761 g/mol. The van der Waals surface area contributed by atoms with Crippen LogP contribution in [0.15, 0.2) is 170 Å². The number of nitrogens with zero attached hydrogens (tertiary/aromatic N) is 3. The van der Waals surface area contributed by atoms with Crippen molar-refractivity contribution < 1.29 is 4.74 Å². The van der Waals surface area contributed by atoms with Gasteiger partial charge in [-0.05, 0) is 58.5 Å². The Hall–Kier alpha value is -6.21. The van der Waals surface area contributed by atoms with E-state index in [1.165, 1.54) is 69.3 Å². The highest BCUT2D eigenvalue weighted by atomic mass is 32.1. The Bertz CT molecular complexity index is 2860. The third-order valence-corrected chi connectivity index (χ3v) is 12.7. The largest absolute Gasteiger partial charge is 0.447 e. The van der Waals surface area contributed by atoms with Gasteiger partial charge >= 0.3 is 0 Å². The predicted molar refractivity (Wildman–Crippen MR) is 239 cm³/mol. The lowest BCUT2D eigenvalue weighted by molar-refractivity contribution is 0.497. The van der Waals surface area contributed by atoms with E-state index in [-0.39, 0.29) is 5.41 Å². The zero-order chi connectivity index (χ0) is 37.8. The Balaban J connectivity index is 0.994. The van der Waals surface area contributed by atoms with E-state index < -0.39 is 0 Å². The molecule has 1 aliphatic rings. The molecule has 0 radical (unpaired) electrons. The number of ether oxygens (including phenoxy) is 1. The van der Waals surface area contributed by atoms with Crippen LogP contribution in [0.4, 0.5) is 11.4 Å². The molecule has 4 nitrogen and oxygen atoms in total. The number of para-hydroxylation sites is 1. The van der Waals surface area contributed by atoms with E-state index in [2.05, 4.69) is 189 Å². The molecule has 0 spiro atoms. The Morgan fingerprint density at radius 1 is 0.589 bits per heavy atom. The van der Waals surface area contributed by atoms with Gasteiger partial charge in [-0.15, -0.1) is 11.3 Å². The quantitative estimate of drug-likeness (QED) is 0.162. The second-order valence-electron chi connectivity index (χ2n) is 15.3. The van der Waals surface area contributed by atoms with Crippen molar-refractivity contribution in [1.82, 2.24) is 4.98 Å². The summed E-state index contributed by atoms with van der Waals surface area (Å²) >= 11 is 3.54. The molecule has 4 heterocycles. The lowest BCUT2D eigenvalue weighted by Crippen LogP contribution is -2.25. The summed E-state index contributed by atoms with van der Waals surface area (Å²) in [5, 5.41) is 4.55. The maximum Gasteiger partial charge on any atom is 0.182 e. The molecule has 3 aromatic heterocycles. The van der Waals surface area contributed by atoms with Crippen molar-refractivity contribution in [3.63, 3.8) is 0 Å². The molecule has 0 aliphatic carbocycles. The molecule has 6 aromatic carbocycles. The van der Waals surface area contributed by atoms with Crippen molar-refractivity contribution in [3.05, 3.63) is 176 Å². The maximum atomic E-state index is 6.73. The first kappa shape index (κ1) is 34.3. The summed E-state index contributed by atoms with van der Waals surface area (Å²) in [5.41, 5.74) is 10.5. The minimum absolute atomic E-state index is 0.00632. The summed E-state index contributed by atoms with van der Waals surface area (Å²) in [6, 6.07) is 54.0. The molecule has 56 heavy (non-hydrogen) atoms. The summed E-state index contributed by atoms with van der Waals surface area (Å²) in [4.78, 5) is 9.61. The number of rotatable bonds is 7. The van der Waals surface area contributed by atoms with Crippen LogP contribution in [0.5, 0.6) is 10.8 Å². The highest BCUT2D eigenvalue weighted by Gasteiger charge is 2.24. The number of benzene rings is 6. The lowest BCUT2D eigenvalue weighted by atomic mass is 9.86. The number of fused-ring (bicyclic) bond motifs is 4. The second kappa shape index (κ2) is 13.8. The Morgan fingerprint density at radius 3 is 2.04 bits per heavy atom. The van der Waals surface area contributed by atoms with Crippen molar-refractivity contribution in [1.29, 1.82) is 0 Å². The molecule has 0 unspecified atom stereocenters. The van der Waals surface area contributed by atoms with Crippen molar-refractivity contribution in [3.8, 4) is 44.3 Å². The molecule has 0 N–H and O–H groups in total. The van der Waals surface area contributed by atoms with Gasteiger partial charge in [0.2, 0.25) is 0 Å². The van der Waals surface area contributed by atoms with E-state index in [0.29, 0.717) is 6.67 Å². The number of pyridine rings is 1. The van der Waals surface area contributed by atoms with Gasteiger partial charge in [-0.2, -0.15) is 0 Å². The summed E-state index contributed by atoms with van der Waals surface area (Å²) in [5.74, 6) is 0.803. The van der Waals surface area contributed by atoms with Crippen LogP contribution >= 0.6 is 22.7 Å². The number of hydrogen-bond acceptors (Lipinski definition) is 6. The summed E-state index contributed by atoms with van der Waals surface area (Å²) in [6.07, 6.45) is 6.31. The Kier molecular flexibility index (Phi) is 8.46. The molecule has 9 aromatic rings. The van der Waals surface area contributed by atoms with Gasteiger partial charge < -0.3 is 14.5 Å². The van der Waals surface area contributed by atoms with E-state index in [1.54, 1.807) is 11.3 Å². The van der Waals surface area contributed by atoms with Gasteiger partial charge in [0.15, 0.2) is 5.06 Å². The molecular weight excluding hydrogens is 723 g/mol. The first-order valence-corrected chi connectivity index (χ1v) is 20.6. The SMILES string of the molecule is CC(C)(C)c1ccnc(-c2c3cc(Oc4cccc(N5C=CN(c6c(-c7ccccc7)cccc6-c6ccccc6)C5)c4)sc3cc3sc4ccccc4c23)c1. The first-order chi connectivity index (χ1) is 27.4. The van der Waals surface area contributed by atoms with Crippen molar-refractivity contribution in [2.24, 2.45) is 0 Å². The summed E-state index contributed by atoms with van der Waals surface area (Å²) < 4.78 is 10.5. The van der Waals surface area contributed by atoms with Crippen molar-refractivity contribution in [2.75, 3.05) is 16.5 Å². The molecule has 0 bridgehead atoms. The third-order valence-electron chi connectivity index (χ3n) is 10.6. The third kappa shape index (κ3) is 6.21. The average Bonchev–Trinajstić information content (AvgIpc) is 3.97. The van der Waals surface area contributed by atoms with E-state index in [0.717, 1.165) is 22.2 Å². The number of aromatic nitrogens is 1. The van der Waals surface area contributed by atoms with E-state index in [1.807, 2.05) is 23.6 Å². The fourth-order valence-electron chi connectivity index (χ4n) is 7.84. The van der Waals surface area contributed by atoms with Gasteiger partial charge in [-0.3, -0.25) is 4.98 Å². The van der Waals surface area contributed by atoms with Crippen LogP contribution in [0.3, 0.4) is 0 Å². The lowest BCUT2D eigenvalue weighted by Gasteiger charge is -2.26. The zero-order valence-corrected chi connectivity index (χ0v) is 33.1. The van der Waals surface area contributed by atoms with Gasteiger partial charge in [0, 0.05) is 83.4 Å². The second-order valence-corrected chi connectivity index (χ2v) is 17.4. The topological polar surface area (TPSA) is 28.6 Å². The molecule has 6 heteroatoms. The van der Waals surface area contributed by atoms with Crippen molar-refractivity contribution >= 4 is 64.3 Å². The average molecular weight is 762 g/mol. The van der Waals surface area contributed by atoms with Crippen LogP contribution in [-0.2, 0) is 5.41 Å². The molecule has 0 amide bonds. The van der Waals surface area contributed by atoms with E-state index >= 15 is 0 Å². The van der Waals surface area contributed by atoms with Gasteiger partial charge in [-0.1, -0.05) is 135 Å². The maximum absolute atomic E-state index is 6.73. The van der Waals surface area contributed by atoms with Gasteiger partial charge in [0.25, 0.3) is 0 Å². The van der Waals surface area contributed by atoms with E-state index in [4.69, 9.17) is 9.72 Å². The molecule has 1 aliphatic heterocycles. The minimum Gasteiger partial charge on any atom is -0.447 e. The Labute approximate surface area is 335 Å². The number of thiophene rings is 2. The fourth-order valence-corrected chi connectivity index (χ4v) is 10.0. The van der Waals surface area contributed by atoms with Gasteiger partial charge in [0.1, 0.15) is 5.75 Å². The Morgan fingerprint density at radius 2 is 1.29 bits per heavy atom. The van der Waals surface area contributed by atoms with Gasteiger partial charge in [0.05, 0.1) is 18.1 Å². The minimum atomic E-state index is 0.00632. The summed E-state index contributed by atoms with van der Waals surface area (Å²) in [7, 11) is 0. The molecule has 10 rings (SSSR count).